The van der Waals surface area contributed by atoms with Crippen LogP contribution in [0, 0.1) is 6.92 Å². The van der Waals surface area contributed by atoms with Crippen LogP contribution in [0.5, 0.6) is 0 Å². The average molecular weight is 396 g/mol. The van der Waals surface area contributed by atoms with E-state index in [0.717, 1.165) is 42.4 Å². The van der Waals surface area contributed by atoms with Gasteiger partial charge in [0.05, 0.1) is 4.90 Å². The van der Waals surface area contributed by atoms with E-state index in [2.05, 4.69) is 21.2 Å². The Bertz CT molecular complexity index is 589. The number of nitrogens with zero attached hydrogens (tertiary/aromatic N) is 1. The molecule has 2 fully saturated rings. The molecule has 7 heteroatoms. The minimum Gasteiger partial charge on any atom is -0.315 e. The van der Waals surface area contributed by atoms with E-state index in [1.165, 1.54) is 0 Å². The summed E-state index contributed by atoms with van der Waals surface area (Å²) in [6, 6.07) is 5.65. The zero-order valence-electron chi connectivity index (χ0n) is 11.9. The predicted octanol–water partition coefficient (Wildman–Crippen LogP) is 2.69. The Morgan fingerprint density at radius 2 is 1.90 bits per heavy atom. The van der Waals surface area contributed by atoms with Crippen molar-refractivity contribution in [2.24, 2.45) is 0 Å². The molecule has 1 aromatic rings. The highest BCUT2D eigenvalue weighted by atomic mass is 79.9. The molecule has 118 valence electrons. The number of fused-ring (bicyclic) bond motifs is 2. The Labute approximate surface area is 140 Å². The Balaban J connectivity index is 0.00000161. The highest BCUT2D eigenvalue weighted by molar-refractivity contribution is 9.10. The molecule has 2 saturated heterocycles. The number of hydrogen-bond donors (Lipinski definition) is 1. The number of rotatable bonds is 2. The van der Waals surface area contributed by atoms with Crippen molar-refractivity contribution in [3.8, 4) is 0 Å². The first-order valence-corrected chi connectivity index (χ1v) is 9.23. The molecule has 2 aliphatic heterocycles. The lowest BCUT2D eigenvalue weighted by Gasteiger charge is -2.27. The van der Waals surface area contributed by atoms with Crippen molar-refractivity contribution in [3.05, 3.63) is 28.2 Å². The molecule has 3 rings (SSSR count). The fraction of sp³-hybridized carbons (Fsp3) is 0.571. The number of benzene rings is 1. The van der Waals surface area contributed by atoms with Gasteiger partial charge >= 0.3 is 0 Å². The van der Waals surface area contributed by atoms with E-state index in [1.54, 1.807) is 16.4 Å². The van der Waals surface area contributed by atoms with Crippen LogP contribution in [0.4, 0.5) is 0 Å². The zero-order valence-corrected chi connectivity index (χ0v) is 15.1. The molecular formula is C14H20BrClN2O2S. The van der Waals surface area contributed by atoms with Crippen LogP contribution in [0.2, 0.25) is 0 Å². The Hall–Kier alpha value is -0.140. The minimum absolute atomic E-state index is 0. The molecular weight excluding hydrogens is 376 g/mol. The molecule has 0 spiro atoms. The molecule has 0 saturated carbocycles. The monoisotopic (exact) mass is 394 g/mol. The summed E-state index contributed by atoms with van der Waals surface area (Å²) in [6.07, 6.45) is 2.85. The first-order chi connectivity index (χ1) is 9.48. The van der Waals surface area contributed by atoms with E-state index in [1.807, 2.05) is 13.0 Å². The van der Waals surface area contributed by atoms with Crippen LogP contribution in [0.15, 0.2) is 27.6 Å². The number of hydrogen-bond acceptors (Lipinski definition) is 3. The van der Waals surface area contributed by atoms with Gasteiger partial charge in [-0.15, -0.1) is 12.4 Å². The van der Waals surface area contributed by atoms with Crippen molar-refractivity contribution < 1.29 is 8.42 Å². The van der Waals surface area contributed by atoms with E-state index in [0.29, 0.717) is 4.90 Å². The molecule has 21 heavy (non-hydrogen) atoms. The largest absolute Gasteiger partial charge is 0.315 e. The predicted molar refractivity (Wildman–Crippen MR) is 89.4 cm³/mol. The van der Waals surface area contributed by atoms with Crippen LogP contribution < -0.4 is 5.32 Å². The number of halogens is 2. The highest BCUT2D eigenvalue weighted by Gasteiger charge is 2.43. The second kappa shape index (κ2) is 6.54. The molecule has 4 nitrogen and oxygen atoms in total. The number of sulfonamides is 1. The minimum atomic E-state index is -3.40. The summed E-state index contributed by atoms with van der Waals surface area (Å²) in [4.78, 5) is 0.406. The molecule has 2 heterocycles. The summed E-state index contributed by atoms with van der Waals surface area (Å²) in [6.45, 7) is 3.59. The standard InChI is InChI=1S/C14H19BrN2O2S.ClH/c1-10-6-11(15)8-14(7-10)20(18,19)17-12-2-3-13(17)9-16-5-4-12;/h6-8,12-13,16H,2-5,9H2,1H3;1H. The third-order valence-electron chi connectivity index (χ3n) is 4.18. The normalized spacial score (nSPS) is 26.2. The SMILES string of the molecule is Cc1cc(Br)cc(S(=O)(=O)N2C3CCNCC2CC3)c1.Cl. The first kappa shape index (κ1) is 17.2. The van der Waals surface area contributed by atoms with Crippen molar-refractivity contribution >= 4 is 38.4 Å². The summed E-state index contributed by atoms with van der Waals surface area (Å²) in [5.41, 5.74) is 0.957. The Kier molecular flexibility index (Phi) is 5.36. The van der Waals surface area contributed by atoms with Gasteiger partial charge in [0.15, 0.2) is 0 Å². The number of aryl methyl sites for hydroxylation is 1. The van der Waals surface area contributed by atoms with Crippen LogP contribution in [-0.2, 0) is 10.0 Å². The van der Waals surface area contributed by atoms with E-state index >= 15 is 0 Å². The summed E-state index contributed by atoms with van der Waals surface area (Å²) in [5, 5.41) is 3.34. The van der Waals surface area contributed by atoms with Crippen LogP contribution >= 0.6 is 28.3 Å². The van der Waals surface area contributed by atoms with Gasteiger partial charge in [0.2, 0.25) is 10.0 Å². The second-order valence-electron chi connectivity index (χ2n) is 5.68. The van der Waals surface area contributed by atoms with E-state index in [-0.39, 0.29) is 24.5 Å². The van der Waals surface area contributed by atoms with E-state index < -0.39 is 10.0 Å². The molecule has 0 aromatic heterocycles. The lowest BCUT2D eigenvalue weighted by molar-refractivity contribution is 0.334. The second-order valence-corrected chi connectivity index (χ2v) is 8.44. The highest BCUT2D eigenvalue weighted by Crippen LogP contribution is 2.34. The van der Waals surface area contributed by atoms with E-state index in [4.69, 9.17) is 0 Å². The average Bonchev–Trinajstić information content (AvgIpc) is 2.62. The molecule has 2 unspecified atom stereocenters. The van der Waals surface area contributed by atoms with Crippen LogP contribution in [0.3, 0.4) is 0 Å². The fourth-order valence-electron chi connectivity index (χ4n) is 3.30. The van der Waals surface area contributed by atoms with Gasteiger partial charge in [-0.3, -0.25) is 0 Å². The van der Waals surface area contributed by atoms with Crippen LogP contribution in [-0.4, -0.2) is 37.9 Å². The topological polar surface area (TPSA) is 49.4 Å². The lowest BCUT2D eigenvalue weighted by atomic mass is 10.1. The first-order valence-electron chi connectivity index (χ1n) is 7.00. The zero-order chi connectivity index (χ0) is 14.3. The van der Waals surface area contributed by atoms with Crippen molar-refractivity contribution in [2.75, 3.05) is 13.1 Å². The third kappa shape index (κ3) is 3.29. The van der Waals surface area contributed by atoms with Gasteiger partial charge in [-0.25, -0.2) is 8.42 Å². The molecule has 0 amide bonds. The molecule has 2 bridgehead atoms. The summed E-state index contributed by atoms with van der Waals surface area (Å²) in [7, 11) is -3.40. The Morgan fingerprint density at radius 3 is 2.62 bits per heavy atom. The smallest absolute Gasteiger partial charge is 0.243 e. The van der Waals surface area contributed by atoms with Gasteiger partial charge in [-0.2, -0.15) is 4.31 Å². The molecule has 2 aliphatic rings. The maximum Gasteiger partial charge on any atom is 0.243 e. The molecule has 0 aliphatic carbocycles. The summed E-state index contributed by atoms with van der Waals surface area (Å²) < 4.78 is 28.5. The van der Waals surface area contributed by atoms with Gasteiger partial charge in [-0.05, 0) is 56.5 Å². The van der Waals surface area contributed by atoms with Crippen molar-refractivity contribution in [3.63, 3.8) is 0 Å². The van der Waals surface area contributed by atoms with Gasteiger partial charge in [0, 0.05) is 23.1 Å². The van der Waals surface area contributed by atoms with Crippen molar-refractivity contribution in [2.45, 2.75) is 43.2 Å². The van der Waals surface area contributed by atoms with Crippen molar-refractivity contribution in [1.29, 1.82) is 0 Å². The summed E-state index contributed by atoms with van der Waals surface area (Å²) in [5.74, 6) is 0. The molecule has 1 aromatic carbocycles. The lowest BCUT2D eigenvalue weighted by Crippen LogP contribution is -2.42. The maximum absolute atomic E-state index is 13.0. The third-order valence-corrected chi connectivity index (χ3v) is 6.62. The number of nitrogens with one attached hydrogen (secondary N) is 1. The molecule has 1 N–H and O–H groups in total. The fourth-order valence-corrected chi connectivity index (χ4v) is 6.09. The van der Waals surface area contributed by atoms with Gasteiger partial charge in [0.25, 0.3) is 0 Å². The van der Waals surface area contributed by atoms with Crippen molar-refractivity contribution in [1.82, 2.24) is 9.62 Å². The van der Waals surface area contributed by atoms with Gasteiger partial charge in [-0.1, -0.05) is 15.9 Å². The van der Waals surface area contributed by atoms with E-state index in [9.17, 15) is 8.42 Å². The molecule has 0 radical (unpaired) electrons. The van der Waals surface area contributed by atoms with Gasteiger partial charge in [0.1, 0.15) is 0 Å². The Morgan fingerprint density at radius 1 is 1.19 bits per heavy atom. The quantitative estimate of drug-likeness (QED) is 0.837. The van der Waals surface area contributed by atoms with Crippen LogP contribution in [0.1, 0.15) is 24.8 Å². The summed E-state index contributed by atoms with van der Waals surface area (Å²) >= 11 is 3.40. The molecule has 2 atom stereocenters. The maximum atomic E-state index is 13.0. The van der Waals surface area contributed by atoms with Gasteiger partial charge < -0.3 is 5.32 Å². The van der Waals surface area contributed by atoms with Crippen LogP contribution in [0.25, 0.3) is 0 Å².